The normalized spacial score (nSPS) is 17.7. The number of carbonyl (C=O) groups is 2. The van der Waals surface area contributed by atoms with Crippen molar-refractivity contribution in [1.82, 2.24) is 14.7 Å². The highest BCUT2D eigenvalue weighted by atomic mass is 16.3. The average molecular weight is 420 g/mol. The summed E-state index contributed by atoms with van der Waals surface area (Å²) >= 11 is 0. The molecule has 2 aliphatic rings. The molecule has 6 heteroatoms. The minimum atomic E-state index is -0.211. The van der Waals surface area contributed by atoms with Crippen LogP contribution >= 0.6 is 0 Å². The molecule has 2 heterocycles. The van der Waals surface area contributed by atoms with Gasteiger partial charge in [0.15, 0.2) is 0 Å². The van der Waals surface area contributed by atoms with Gasteiger partial charge in [-0.1, -0.05) is 60.2 Å². The van der Waals surface area contributed by atoms with E-state index >= 15 is 0 Å². The quantitative estimate of drug-likeness (QED) is 0.695. The Morgan fingerprint density at radius 2 is 1.52 bits per heavy atom. The maximum atomic E-state index is 13.4. The fraction of sp³-hybridized carbons (Fsp3) is 0.360. The zero-order valence-electron chi connectivity index (χ0n) is 18.0. The summed E-state index contributed by atoms with van der Waals surface area (Å²) in [5, 5.41) is 9.20. The number of imide groups is 1. The summed E-state index contributed by atoms with van der Waals surface area (Å²) in [5.74, 6) is -0.412. The molecule has 1 saturated heterocycles. The predicted molar refractivity (Wildman–Crippen MR) is 120 cm³/mol. The zero-order valence-corrected chi connectivity index (χ0v) is 18.0. The van der Waals surface area contributed by atoms with Crippen LogP contribution < -0.4 is 0 Å². The number of aryl methyl sites for hydroxylation is 1. The lowest BCUT2D eigenvalue weighted by Gasteiger charge is -2.36. The van der Waals surface area contributed by atoms with Crippen LogP contribution in [0, 0.1) is 6.92 Å². The molecular weight excluding hydrogens is 390 g/mol. The molecule has 0 aromatic heterocycles. The summed E-state index contributed by atoms with van der Waals surface area (Å²) < 4.78 is 0. The van der Waals surface area contributed by atoms with E-state index in [-0.39, 0.29) is 18.4 Å². The molecule has 0 bridgehead atoms. The molecule has 0 aliphatic carbocycles. The SMILES string of the molecule is Cc1ccc(C2=C(N3CCN(CCO)CC3)C(=O)N(CCc3ccccc3)C2=O)cc1. The van der Waals surface area contributed by atoms with Gasteiger partial charge in [-0.25, -0.2) is 0 Å². The van der Waals surface area contributed by atoms with E-state index in [0.29, 0.717) is 43.9 Å². The monoisotopic (exact) mass is 419 g/mol. The summed E-state index contributed by atoms with van der Waals surface area (Å²) in [6, 6.07) is 17.7. The molecular formula is C25H29N3O3. The third-order valence-electron chi connectivity index (χ3n) is 6.06. The van der Waals surface area contributed by atoms with Gasteiger partial charge in [-0.05, 0) is 24.5 Å². The number of carbonyl (C=O) groups excluding carboxylic acids is 2. The molecule has 162 valence electrons. The van der Waals surface area contributed by atoms with Crippen molar-refractivity contribution >= 4 is 17.4 Å². The van der Waals surface area contributed by atoms with Crippen LogP contribution in [0.25, 0.3) is 5.57 Å². The first-order valence-electron chi connectivity index (χ1n) is 10.9. The Morgan fingerprint density at radius 3 is 2.16 bits per heavy atom. The Balaban J connectivity index is 1.61. The Kier molecular flexibility index (Phi) is 6.49. The van der Waals surface area contributed by atoms with Crippen LogP contribution in [-0.2, 0) is 16.0 Å². The second-order valence-electron chi connectivity index (χ2n) is 8.14. The van der Waals surface area contributed by atoms with Crippen molar-refractivity contribution in [3.63, 3.8) is 0 Å². The van der Waals surface area contributed by atoms with Crippen molar-refractivity contribution in [3.05, 3.63) is 77.0 Å². The number of nitrogens with zero attached hydrogens (tertiary/aromatic N) is 3. The van der Waals surface area contributed by atoms with Crippen molar-refractivity contribution in [2.75, 3.05) is 45.9 Å². The van der Waals surface area contributed by atoms with Gasteiger partial charge in [0.25, 0.3) is 11.8 Å². The van der Waals surface area contributed by atoms with Gasteiger partial charge in [0.2, 0.25) is 0 Å². The molecule has 1 fully saturated rings. The standard InChI is InChI=1S/C25H29N3O3/c1-19-7-9-21(10-8-19)22-23(27-15-13-26(14-16-27)17-18-29)25(31)28(24(22)30)12-11-20-5-3-2-4-6-20/h2-10,29H,11-18H2,1H3. The van der Waals surface area contributed by atoms with Crippen LogP contribution in [0.5, 0.6) is 0 Å². The van der Waals surface area contributed by atoms with Gasteiger partial charge in [0, 0.05) is 39.3 Å². The molecule has 1 N–H and O–H groups in total. The third kappa shape index (κ3) is 4.55. The number of aliphatic hydroxyl groups is 1. The van der Waals surface area contributed by atoms with Crippen molar-refractivity contribution in [2.45, 2.75) is 13.3 Å². The first kappa shape index (κ1) is 21.3. The second kappa shape index (κ2) is 9.45. The van der Waals surface area contributed by atoms with Crippen LogP contribution in [0.15, 0.2) is 60.3 Å². The van der Waals surface area contributed by atoms with E-state index in [4.69, 9.17) is 0 Å². The zero-order chi connectivity index (χ0) is 21.8. The number of piperazine rings is 1. The number of rotatable bonds is 7. The first-order valence-corrected chi connectivity index (χ1v) is 10.9. The van der Waals surface area contributed by atoms with Crippen molar-refractivity contribution in [1.29, 1.82) is 0 Å². The van der Waals surface area contributed by atoms with E-state index in [1.807, 2.05) is 66.4 Å². The Labute approximate surface area is 183 Å². The fourth-order valence-corrected chi connectivity index (χ4v) is 4.26. The van der Waals surface area contributed by atoms with E-state index in [1.165, 1.54) is 4.90 Å². The summed E-state index contributed by atoms with van der Waals surface area (Å²) in [4.78, 5) is 32.5. The minimum Gasteiger partial charge on any atom is -0.395 e. The van der Waals surface area contributed by atoms with Crippen LogP contribution in [0.2, 0.25) is 0 Å². The van der Waals surface area contributed by atoms with Crippen LogP contribution in [0.4, 0.5) is 0 Å². The molecule has 4 rings (SSSR count). The van der Waals surface area contributed by atoms with Crippen molar-refractivity contribution < 1.29 is 14.7 Å². The number of hydrogen-bond acceptors (Lipinski definition) is 5. The van der Waals surface area contributed by atoms with Crippen molar-refractivity contribution in [3.8, 4) is 0 Å². The molecule has 6 nitrogen and oxygen atoms in total. The predicted octanol–water partition coefficient (Wildman–Crippen LogP) is 1.93. The van der Waals surface area contributed by atoms with Gasteiger partial charge in [0.1, 0.15) is 5.70 Å². The highest BCUT2D eigenvalue weighted by Crippen LogP contribution is 2.32. The Bertz CT molecular complexity index is 961. The maximum Gasteiger partial charge on any atom is 0.277 e. The van der Waals surface area contributed by atoms with Crippen LogP contribution in [0.1, 0.15) is 16.7 Å². The molecule has 2 aromatic rings. The molecule has 0 radical (unpaired) electrons. The number of hydrogen-bond donors (Lipinski definition) is 1. The van der Waals surface area contributed by atoms with E-state index in [1.54, 1.807) is 0 Å². The third-order valence-corrected chi connectivity index (χ3v) is 6.06. The van der Waals surface area contributed by atoms with Crippen molar-refractivity contribution in [2.24, 2.45) is 0 Å². The maximum absolute atomic E-state index is 13.4. The molecule has 31 heavy (non-hydrogen) atoms. The fourth-order valence-electron chi connectivity index (χ4n) is 4.26. The van der Waals surface area contributed by atoms with Gasteiger partial charge in [-0.15, -0.1) is 0 Å². The molecule has 2 amide bonds. The van der Waals surface area contributed by atoms with Gasteiger partial charge < -0.3 is 10.0 Å². The molecule has 2 aliphatic heterocycles. The summed E-state index contributed by atoms with van der Waals surface area (Å²) in [6.45, 7) is 5.98. The highest BCUT2D eigenvalue weighted by molar-refractivity contribution is 6.35. The highest BCUT2D eigenvalue weighted by Gasteiger charge is 2.41. The number of aliphatic hydroxyl groups excluding tert-OH is 1. The Morgan fingerprint density at radius 1 is 0.839 bits per heavy atom. The lowest BCUT2D eigenvalue weighted by Crippen LogP contribution is -2.48. The Hall–Kier alpha value is -2.96. The van der Waals surface area contributed by atoms with Crippen LogP contribution in [0.3, 0.4) is 0 Å². The lowest BCUT2D eigenvalue weighted by molar-refractivity contribution is -0.137. The molecule has 2 aromatic carbocycles. The topological polar surface area (TPSA) is 64.1 Å². The van der Waals surface area contributed by atoms with Gasteiger partial charge in [-0.2, -0.15) is 0 Å². The number of amides is 2. The second-order valence-corrected chi connectivity index (χ2v) is 8.14. The number of benzene rings is 2. The van der Waals surface area contributed by atoms with E-state index in [9.17, 15) is 14.7 Å². The largest absolute Gasteiger partial charge is 0.395 e. The summed E-state index contributed by atoms with van der Waals surface area (Å²) in [7, 11) is 0. The molecule has 0 saturated carbocycles. The van der Waals surface area contributed by atoms with Gasteiger partial charge in [0.05, 0.1) is 12.2 Å². The smallest absolute Gasteiger partial charge is 0.277 e. The van der Waals surface area contributed by atoms with Crippen LogP contribution in [-0.4, -0.2) is 77.5 Å². The minimum absolute atomic E-state index is 0.127. The first-order chi connectivity index (χ1) is 15.1. The van der Waals surface area contributed by atoms with E-state index in [0.717, 1.165) is 29.8 Å². The number of β-amino-alcohol motifs (C(OH)–C–C–N with tert-alkyl or cyclic N) is 1. The molecule has 0 spiro atoms. The van der Waals surface area contributed by atoms with E-state index in [2.05, 4.69) is 4.90 Å². The molecule has 0 atom stereocenters. The van der Waals surface area contributed by atoms with Gasteiger partial charge in [-0.3, -0.25) is 19.4 Å². The van der Waals surface area contributed by atoms with Gasteiger partial charge >= 0.3 is 0 Å². The lowest BCUT2D eigenvalue weighted by atomic mass is 10.0. The average Bonchev–Trinajstić information content (AvgIpc) is 3.04. The summed E-state index contributed by atoms with van der Waals surface area (Å²) in [5.41, 5.74) is 4.03. The van der Waals surface area contributed by atoms with E-state index < -0.39 is 0 Å². The summed E-state index contributed by atoms with van der Waals surface area (Å²) in [6.07, 6.45) is 0.636. The molecule has 0 unspecified atom stereocenters.